The fraction of sp³-hybridized carbons (Fsp3) is 0.438. The minimum atomic E-state index is -0.331. The molecule has 24 heavy (non-hydrogen) atoms. The quantitative estimate of drug-likeness (QED) is 0.878. The monoisotopic (exact) mass is 329 g/mol. The summed E-state index contributed by atoms with van der Waals surface area (Å²) in [7, 11) is 0. The topological polar surface area (TPSA) is 101 Å². The fourth-order valence-corrected chi connectivity index (χ4v) is 2.66. The van der Waals surface area contributed by atoms with Crippen molar-refractivity contribution in [3.8, 4) is 11.4 Å². The average Bonchev–Trinajstić information content (AvgIpc) is 3.20. The predicted molar refractivity (Wildman–Crippen MR) is 84.3 cm³/mol. The molecule has 1 fully saturated rings. The number of pyridine rings is 1. The summed E-state index contributed by atoms with van der Waals surface area (Å²) in [4.78, 5) is 34.0. The summed E-state index contributed by atoms with van der Waals surface area (Å²) >= 11 is 0. The molecular weight excluding hydrogens is 310 g/mol. The van der Waals surface area contributed by atoms with Crippen molar-refractivity contribution in [1.82, 2.24) is 25.3 Å². The number of carbonyl (C=O) groups excluding carboxylic acids is 2. The smallest absolute Gasteiger partial charge is 0.246 e. The number of hydrogen-bond acceptors (Lipinski definition) is 6. The van der Waals surface area contributed by atoms with Crippen molar-refractivity contribution in [2.75, 3.05) is 6.54 Å². The van der Waals surface area contributed by atoms with Crippen LogP contribution >= 0.6 is 0 Å². The van der Waals surface area contributed by atoms with Gasteiger partial charge in [0.2, 0.25) is 23.5 Å². The summed E-state index contributed by atoms with van der Waals surface area (Å²) < 4.78 is 5.14. The molecule has 0 radical (unpaired) electrons. The van der Waals surface area contributed by atoms with Crippen LogP contribution in [0.25, 0.3) is 11.4 Å². The van der Waals surface area contributed by atoms with E-state index in [2.05, 4.69) is 20.4 Å². The number of nitrogens with one attached hydrogen (secondary N) is 1. The van der Waals surface area contributed by atoms with Gasteiger partial charge in [-0.15, -0.1) is 0 Å². The highest BCUT2D eigenvalue weighted by atomic mass is 16.5. The fourth-order valence-electron chi connectivity index (χ4n) is 2.66. The third-order valence-electron chi connectivity index (χ3n) is 3.97. The van der Waals surface area contributed by atoms with Gasteiger partial charge >= 0.3 is 0 Å². The van der Waals surface area contributed by atoms with Crippen LogP contribution in [0.2, 0.25) is 0 Å². The zero-order chi connectivity index (χ0) is 17.1. The van der Waals surface area contributed by atoms with E-state index in [-0.39, 0.29) is 36.7 Å². The van der Waals surface area contributed by atoms with Gasteiger partial charge in [0.05, 0.1) is 12.5 Å². The molecule has 0 bridgehead atoms. The Bertz CT molecular complexity index is 728. The molecule has 2 amide bonds. The molecule has 0 spiro atoms. The number of carbonyl (C=O) groups is 2. The highest BCUT2D eigenvalue weighted by Gasteiger charge is 2.35. The van der Waals surface area contributed by atoms with Gasteiger partial charge in [0, 0.05) is 37.0 Å². The molecule has 1 saturated heterocycles. The lowest BCUT2D eigenvalue weighted by Crippen LogP contribution is -2.35. The molecule has 0 saturated carbocycles. The van der Waals surface area contributed by atoms with Crippen LogP contribution in [0.4, 0.5) is 0 Å². The highest BCUT2D eigenvalue weighted by molar-refractivity contribution is 5.89. The van der Waals surface area contributed by atoms with Gasteiger partial charge in [0.25, 0.3) is 0 Å². The zero-order valence-electron chi connectivity index (χ0n) is 13.6. The van der Waals surface area contributed by atoms with E-state index < -0.39 is 0 Å². The molecule has 8 nitrogen and oxygen atoms in total. The number of nitrogens with zero attached hydrogens (tertiary/aromatic N) is 4. The first-order valence-electron chi connectivity index (χ1n) is 7.84. The van der Waals surface area contributed by atoms with Gasteiger partial charge < -0.3 is 14.7 Å². The van der Waals surface area contributed by atoms with E-state index in [4.69, 9.17) is 4.52 Å². The first-order valence-corrected chi connectivity index (χ1v) is 7.84. The number of likely N-dealkylation sites (tertiary alicyclic amines) is 1. The highest BCUT2D eigenvalue weighted by Crippen LogP contribution is 2.20. The van der Waals surface area contributed by atoms with Crippen molar-refractivity contribution in [1.29, 1.82) is 0 Å². The first-order chi connectivity index (χ1) is 11.5. The summed E-state index contributed by atoms with van der Waals surface area (Å²) in [6.45, 7) is 4.48. The molecule has 0 aliphatic carbocycles. The minimum absolute atomic E-state index is 0.0166. The molecule has 3 heterocycles. The summed E-state index contributed by atoms with van der Waals surface area (Å²) in [5.74, 6) is 0.282. The Kier molecular flexibility index (Phi) is 4.54. The van der Waals surface area contributed by atoms with Crippen molar-refractivity contribution in [2.24, 2.45) is 5.92 Å². The predicted octanol–water partition coefficient (Wildman–Crippen LogP) is 1.00. The van der Waals surface area contributed by atoms with Crippen LogP contribution in [0.5, 0.6) is 0 Å². The summed E-state index contributed by atoms with van der Waals surface area (Å²) in [5.41, 5.74) is 0.792. The number of rotatable bonds is 5. The second-order valence-corrected chi connectivity index (χ2v) is 6.01. The Morgan fingerprint density at radius 3 is 2.83 bits per heavy atom. The second kappa shape index (κ2) is 6.77. The molecule has 126 valence electrons. The molecule has 3 rings (SSSR count). The average molecular weight is 329 g/mol. The van der Waals surface area contributed by atoms with Crippen LogP contribution in [0.3, 0.4) is 0 Å². The van der Waals surface area contributed by atoms with Gasteiger partial charge in [-0.25, -0.2) is 0 Å². The molecule has 2 aromatic rings. The van der Waals surface area contributed by atoms with Gasteiger partial charge in [-0.1, -0.05) is 5.16 Å². The molecule has 2 aromatic heterocycles. The van der Waals surface area contributed by atoms with Crippen LogP contribution in [-0.4, -0.2) is 44.4 Å². The van der Waals surface area contributed by atoms with E-state index in [0.29, 0.717) is 18.3 Å². The minimum Gasteiger partial charge on any atom is -0.347 e. The zero-order valence-corrected chi connectivity index (χ0v) is 13.6. The van der Waals surface area contributed by atoms with Crippen LogP contribution in [0.15, 0.2) is 29.0 Å². The van der Waals surface area contributed by atoms with E-state index in [1.165, 1.54) is 0 Å². The number of amides is 2. The van der Waals surface area contributed by atoms with Crippen LogP contribution in [0.1, 0.15) is 26.2 Å². The summed E-state index contributed by atoms with van der Waals surface area (Å²) in [6.07, 6.45) is 3.53. The van der Waals surface area contributed by atoms with Gasteiger partial charge in [0.1, 0.15) is 0 Å². The van der Waals surface area contributed by atoms with Crippen molar-refractivity contribution < 1.29 is 14.1 Å². The van der Waals surface area contributed by atoms with Crippen molar-refractivity contribution in [3.63, 3.8) is 0 Å². The van der Waals surface area contributed by atoms with Crippen molar-refractivity contribution >= 4 is 11.8 Å². The molecule has 0 aromatic carbocycles. The normalized spacial score (nSPS) is 17.5. The van der Waals surface area contributed by atoms with Crippen molar-refractivity contribution in [3.05, 3.63) is 30.4 Å². The lowest BCUT2D eigenvalue weighted by atomic mass is 10.1. The summed E-state index contributed by atoms with van der Waals surface area (Å²) in [5, 5.41) is 6.64. The van der Waals surface area contributed by atoms with Gasteiger partial charge in [-0.3, -0.25) is 14.6 Å². The van der Waals surface area contributed by atoms with Crippen molar-refractivity contribution in [2.45, 2.75) is 32.9 Å². The number of hydrogen-bond donors (Lipinski definition) is 1. The third-order valence-corrected chi connectivity index (χ3v) is 3.97. The SMILES string of the molecule is CC(C)N1C[C@H](C(=O)NCc2nc(-c3ccncc3)no2)CC1=O. The first kappa shape index (κ1) is 16.1. The maximum Gasteiger partial charge on any atom is 0.246 e. The third kappa shape index (κ3) is 3.42. The van der Waals surface area contributed by atoms with E-state index >= 15 is 0 Å². The lowest BCUT2D eigenvalue weighted by Gasteiger charge is -2.20. The molecule has 1 aliphatic heterocycles. The van der Waals surface area contributed by atoms with E-state index in [1.807, 2.05) is 13.8 Å². The second-order valence-electron chi connectivity index (χ2n) is 6.01. The van der Waals surface area contributed by atoms with E-state index in [1.54, 1.807) is 29.4 Å². The van der Waals surface area contributed by atoms with Gasteiger partial charge in [-0.2, -0.15) is 4.98 Å². The Labute approximate surface area is 139 Å². The molecule has 1 aliphatic rings. The maximum absolute atomic E-state index is 12.2. The Hall–Kier alpha value is -2.77. The Balaban J connectivity index is 1.56. The number of aromatic nitrogens is 3. The van der Waals surface area contributed by atoms with E-state index in [9.17, 15) is 9.59 Å². The maximum atomic E-state index is 12.2. The molecule has 1 N–H and O–H groups in total. The lowest BCUT2D eigenvalue weighted by molar-refractivity contribution is -0.130. The largest absolute Gasteiger partial charge is 0.347 e. The standard InChI is InChI=1S/C16H19N5O3/c1-10(2)21-9-12(7-14(21)22)16(23)18-8-13-19-15(20-24-13)11-3-5-17-6-4-11/h3-6,10,12H,7-9H2,1-2H3,(H,18,23)/t12-/m1/s1. The Morgan fingerprint density at radius 2 is 2.17 bits per heavy atom. The molecule has 1 atom stereocenters. The van der Waals surface area contributed by atoms with Gasteiger partial charge in [0.15, 0.2) is 0 Å². The summed E-state index contributed by atoms with van der Waals surface area (Å²) in [6, 6.07) is 3.66. The van der Waals surface area contributed by atoms with Crippen LogP contribution in [0, 0.1) is 5.92 Å². The van der Waals surface area contributed by atoms with Crippen LogP contribution < -0.4 is 5.32 Å². The Morgan fingerprint density at radius 1 is 1.42 bits per heavy atom. The van der Waals surface area contributed by atoms with Gasteiger partial charge in [-0.05, 0) is 26.0 Å². The van der Waals surface area contributed by atoms with E-state index in [0.717, 1.165) is 5.56 Å². The molecular formula is C16H19N5O3. The molecule has 8 heteroatoms. The molecule has 0 unspecified atom stereocenters. The van der Waals surface area contributed by atoms with Crippen LogP contribution in [-0.2, 0) is 16.1 Å².